The molecule has 1 heterocycles. The number of hydrogen-bond acceptors (Lipinski definition) is 2. The van der Waals surface area contributed by atoms with Gasteiger partial charge in [-0.15, -0.1) is 0 Å². The van der Waals surface area contributed by atoms with Gasteiger partial charge in [0.15, 0.2) is 0 Å². The van der Waals surface area contributed by atoms with E-state index in [0.717, 1.165) is 37.3 Å². The molecule has 0 unspecified atom stereocenters. The summed E-state index contributed by atoms with van der Waals surface area (Å²) in [6.45, 7) is 1.66. The van der Waals surface area contributed by atoms with E-state index >= 15 is 0 Å². The van der Waals surface area contributed by atoms with Crippen LogP contribution in [0.1, 0.15) is 12.8 Å². The first-order valence-corrected chi connectivity index (χ1v) is 6.39. The third-order valence-corrected chi connectivity index (χ3v) is 3.34. The lowest BCUT2D eigenvalue weighted by Crippen LogP contribution is -2.39. The van der Waals surface area contributed by atoms with Crippen LogP contribution in [0.3, 0.4) is 0 Å². The highest BCUT2D eigenvalue weighted by Gasteiger charge is 2.22. The molecule has 0 bridgehead atoms. The van der Waals surface area contributed by atoms with E-state index < -0.39 is 0 Å². The van der Waals surface area contributed by atoms with Crippen LogP contribution in [0.2, 0.25) is 0 Å². The van der Waals surface area contributed by atoms with E-state index in [2.05, 4.69) is 17.0 Å². The molecule has 1 aliphatic rings. The third-order valence-electron chi connectivity index (χ3n) is 3.34. The summed E-state index contributed by atoms with van der Waals surface area (Å²) >= 11 is 0. The third kappa shape index (κ3) is 2.58. The molecule has 0 spiro atoms. The summed E-state index contributed by atoms with van der Waals surface area (Å²) in [6.07, 6.45) is 2.13. The molecule has 0 aliphatic carbocycles. The lowest BCUT2D eigenvalue weighted by molar-refractivity contribution is 0.219. The van der Waals surface area contributed by atoms with Gasteiger partial charge in [0.1, 0.15) is 0 Å². The average Bonchev–Trinajstić information content (AvgIpc) is 2.53. The van der Waals surface area contributed by atoms with E-state index in [0.29, 0.717) is 0 Å². The second kappa shape index (κ2) is 5.29. The maximum absolute atomic E-state index is 12.3. The molecule has 0 N–H and O–H groups in total. The number of carbonyl (C=O) groups is 1. The van der Waals surface area contributed by atoms with E-state index in [-0.39, 0.29) is 6.03 Å². The number of benzene rings is 1. The minimum atomic E-state index is 0.100. The average molecular weight is 247 g/mol. The second-order valence-electron chi connectivity index (χ2n) is 4.98. The van der Waals surface area contributed by atoms with Crippen molar-refractivity contribution in [3.05, 3.63) is 24.3 Å². The predicted octanol–water partition coefficient (Wildman–Crippen LogP) is 2.40. The summed E-state index contributed by atoms with van der Waals surface area (Å²) in [5.74, 6) is 0. The molecule has 18 heavy (non-hydrogen) atoms. The molecule has 98 valence electrons. The van der Waals surface area contributed by atoms with Gasteiger partial charge in [-0.25, -0.2) is 4.79 Å². The van der Waals surface area contributed by atoms with Gasteiger partial charge in [-0.1, -0.05) is 6.07 Å². The Morgan fingerprint density at radius 3 is 2.61 bits per heavy atom. The number of rotatable bonds is 2. The lowest BCUT2D eigenvalue weighted by Gasteiger charge is -2.26. The Hall–Kier alpha value is -1.71. The zero-order valence-corrected chi connectivity index (χ0v) is 11.4. The maximum Gasteiger partial charge on any atom is 0.324 e. The summed E-state index contributed by atoms with van der Waals surface area (Å²) in [7, 11) is 5.89. The predicted molar refractivity (Wildman–Crippen MR) is 75.4 cm³/mol. The molecule has 2 amide bonds. The van der Waals surface area contributed by atoms with Crippen molar-refractivity contribution >= 4 is 17.4 Å². The molecular formula is C14H21N3O. The van der Waals surface area contributed by atoms with E-state index in [4.69, 9.17) is 0 Å². The smallest absolute Gasteiger partial charge is 0.324 e. The quantitative estimate of drug-likeness (QED) is 0.802. The number of urea groups is 1. The topological polar surface area (TPSA) is 26.8 Å². The Kier molecular flexibility index (Phi) is 3.75. The SMILES string of the molecule is CN1CCCCN(c2cccc(N(C)C)c2)C1=O. The van der Waals surface area contributed by atoms with Crippen molar-refractivity contribution in [1.82, 2.24) is 4.90 Å². The zero-order valence-electron chi connectivity index (χ0n) is 11.4. The Bertz CT molecular complexity index is 431. The van der Waals surface area contributed by atoms with E-state index in [1.54, 1.807) is 4.90 Å². The van der Waals surface area contributed by atoms with Crippen molar-refractivity contribution in [3.8, 4) is 0 Å². The fraction of sp³-hybridized carbons (Fsp3) is 0.500. The maximum atomic E-state index is 12.3. The molecule has 0 aromatic heterocycles. The van der Waals surface area contributed by atoms with Crippen LogP contribution in [0.25, 0.3) is 0 Å². The van der Waals surface area contributed by atoms with Crippen molar-refractivity contribution in [2.24, 2.45) is 0 Å². The van der Waals surface area contributed by atoms with Gasteiger partial charge in [-0.2, -0.15) is 0 Å². The number of anilines is 2. The van der Waals surface area contributed by atoms with Crippen LogP contribution >= 0.6 is 0 Å². The van der Waals surface area contributed by atoms with Crippen LogP contribution in [0.15, 0.2) is 24.3 Å². The number of carbonyl (C=O) groups excluding carboxylic acids is 1. The van der Waals surface area contributed by atoms with E-state index in [9.17, 15) is 4.79 Å². The summed E-state index contributed by atoms with van der Waals surface area (Å²) in [5, 5.41) is 0. The largest absolute Gasteiger partial charge is 0.378 e. The number of hydrogen-bond donors (Lipinski definition) is 0. The lowest BCUT2D eigenvalue weighted by atomic mass is 10.2. The fourth-order valence-corrected chi connectivity index (χ4v) is 2.19. The van der Waals surface area contributed by atoms with Crippen molar-refractivity contribution < 1.29 is 4.79 Å². The van der Waals surface area contributed by atoms with Crippen LogP contribution < -0.4 is 9.80 Å². The van der Waals surface area contributed by atoms with E-state index in [1.807, 2.05) is 38.2 Å². The van der Waals surface area contributed by atoms with Gasteiger partial charge in [-0.05, 0) is 31.0 Å². The summed E-state index contributed by atoms with van der Waals surface area (Å²) in [4.78, 5) is 18.0. The minimum absolute atomic E-state index is 0.100. The Morgan fingerprint density at radius 2 is 1.89 bits per heavy atom. The van der Waals surface area contributed by atoms with Gasteiger partial charge in [0, 0.05) is 45.6 Å². The number of nitrogens with zero attached hydrogens (tertiary/aromatic N) is 3. The van der Waals surface area contributed by atoms with Crippen molar-refractivity contribution in [2.75, 3.05) is 44.0 Å². The van der Waals surface area contributed by atoms with E-state index in [1.165, 1.54) is 0 Å². The summed E-state index contributed by atoms with van der Waals surface area (Å²) in [5.41, 5.74) is 2.10. The summed E-state index contributed by atoms with van der Waals surface area (Å²) < 4.78 is 0. The van der Waals surface area contributed by atoms with Gasteiger partial charge in [-0.3, -0.25) is 4.90 Å². The molecule has 0 atom stereocenters. The fourth-order valence-electron chi connectivity index (χ4n) is 2.19. The van der Waals surface area contributed by atoms with Crippen molar-refractivity contribution in [2.45, 2.75) is 12.8 Å². The van der Waals surface area contributed by atoms with Crippen LogP contribution in [0.4, 0.5) is 16.2 Å². The van der Waals surface area contributed by atoms with Gasteiger partial charge < -0.3 is 9.80 Å². The Labute approximate surface area is 109 Å². The van der Waals surface area contributed by atoms with Gasteiger partial charge in [0.05, 0.1) is 0 Å². The molecule has 1 saturated heterocycles. The summed E-state index contributed by atoms with van der Waals surface area (Å²) in [6, 6.07) is 8.22. The molecule has 0 radical (unpaired) electrons. The highest BCUT2D eigenvalue weighted by atomic mass is 16.2. The minimum Gasteiger partial charge on any atom is -0.378 e. The highest BCUT2D eigenvalue weighted by molar-refractivity contribution is 5.92. The monoisotopic (exact) mass is 247 g/mol. The molecule has 1 aliphatic heterocycles. The van der Waals surface area contributed by atoms with Crippen LogP contribution in [0.5, 0.6) is 0 Å². The molecule has 1 aromatic rings. The zero-order chi connectivity index (χ0) is 13.1. The Balaban J connectivity index is 2.28. The molecular weight excluding hydrogens is 226 g/mol. The van der Waals surface area contributed by atoms with Gasteiger partial charge in [0.25, 0.3) is 0 Å². The van der Waals surface area contributed by atoms with Crippen LogP contribution in [-0.2, 0) is 0 Å². The Morgan fingerprint density at radius 1 is 1.17 bits per heavy atom. The van der Waals surface area contributed by atoms with Crippen LogP contribution in [-0.4, -0.2) is 45.2 Å². The van der Waals surface area contributed by atoms with Gasteiger partial charge in [0.2, 0.25) is 0 Å². The number of amides is 2. The first kappa shape index (κ1) is 12.7. The first-order valence-electron chi connectivity index (χ1n) is 6.39. The molecule has 1 aromatic carbocycles. The van der Waals surface area contributed by atoms with Crippen molar-refractivity contribution in [3.63, 3.8) is 0 Å². The van der Waals surface area contributed by atoms with Gasteiger partial charge >= 0.3 is 6.03 Å². The molecule has 0 saturated carbocycles. The van der Waals surface area contributed by atoms with Crippen LogP contribution in [0, 0.1) is 0 Å². The standard InChI is InChI=1S/C14H21N3O/c1-15(2)12-7-6-8-13(11-12)17-10-5-4-9-16(3)14(17)18/h6-8,11H,4-5,9-10H2,1-3H3. The first-order chi connectivity index (χ1) is 8.59. The highest BCUT2D eigenvalue weighted by Crippen LogP contribution is 2.23. The van der Waals surface area contributed by atoms with Crippen molar-refractivity contribution in [1.29, 1.82) is 0 Å². The normalized spacial score (nSPS) is 16.7. The molecule has 4 heteroatoms. The second-order valence-corrected chi connectivity index (χ2v) is 4.98. The molecule has 4 nitrogen and oxygen atoms in total. The molecule has 2 rings (SSSR count). The molecule has 1 fully saturated rings.